The average molecular weight is 238 g/mol. The van der Waals surface area contributed by atoms with Gasteiger partial charge in [-0.25, -0.2) is 4.39 Å². The third-order valence-electron chi connectivity index (χ3n) is 2.75. The first kappa shape index (κ1) is 13.6. The van der Waals surface area contributed by atoms with Crippen molar-refractivity contribution in [1.82, 2.24) is 5.32 Å². The maximum absolute atomic E-state index is 13.5. The van der Waals surface area contributed by atoms with Crippen LogP contribution in [0.3, 0.4) is 0 Å². The van der Waals surface area contributed by atoms with Crippen molar-refractivity contribution in [3.63, 3.8) is 0 Å². The number of rotatable bonds is 4. The standard InChI is InChI=1S/C13H19FN2O/c1-8(2)12(15)13(17)16-9(3)10-6-4-5-7-11(10)14/h4-9,12H,15H2,1-3H3,(H,16,17)/t9-,12-/m1/s1. The van der Waals surface area contributed by atoms with Crippen LogP contribution in [0, 0.1) is 11.7 Å². The summed E-state index contributed by atoms with van der Waals surface area (Å²) in [6.07, 6.45) is 0. The summed E-state index contributed by atoms with van der Waals surface area (Å²) in [7, 11) is 0. The second-order valence-electron chi connectivity index (χ2n) is 4.52. The van der Waals surface area contributed by atoms with Crippen LogP contribution in [0.5, 0.6) is 0 Å². The molecule has 0 aliphatic heterocycles. The van der Waals surface area contributed by atoms with Crippen molar-refractivity contribution in [2.24, 2.45) is 11.7 Å². The van der Waals surface area contributed by atoms with Gasteiger partial charge in [0.2, 0.25) is 5.91 Å². The Morgan fingerprint density at radius 1 is 1.29 bits per heavy atom. The molecule has 2 atom stereocenters. The van der Waals surface area contributed by atoms with E-state index in [2.05, 4.69) is 5.32 Å². The van der Waals surface area contributed by atoms with Crippen LogP contribution in [0.25, 0.3) is 0 Å². The predicted octanol–water partition coefficient (Wildman–Crippen LogP) is 1.99. The van der Waals surface area contributed by atoms with Crippen molar-refractivity contribution in [3.05, 3.63) is 35.6 Å². The van der Waals surface area contributed by atoms with E-state index in [1.54, 1.807) is 25.1 Å². The molecular weight excluding hydrogens is 219 g/mol. The van der Waals surface area contributed by atoms with E-state index in [4.69, 9.17) is 5.73 Å². The van der Waals surface area contributed by atoms with Crippen LogP contribution in [0.1, 0.15) is 32.4 Å². The summed E-state index contributed by atoms with van der Waals surface area (Å²) in [6.45, 7) is 5.49. The number of carbonyl (C=O) groups is 1. The molecule has 0 spiro atoms. The van der Waals surface area contributed by atoms with Crippen molar-refractivity contribution < 1.29 is 9.18 Å². The molecule has 94 valence electrons. The smallest absolute Gasteiger partial charge is 0.237 e. The van der Waals surface area contributed by atoms with Crippen molar-refractivity contribution in [1.29, 1.82) is 0 Å². The lowest BCUT2D eigenvalue weighted by Gasteiger charge is -2.20. The Balaban J connectivity index is 2.70. The van der Waals surface area contributed by atoms with Crippen LogP contribution in [-0.2, 0) is 4.79 Å². The van der Waals surface area contributed by atoms with Crippen LogP contribution < -0.4 is 11.1 Å². The monoisotopic (exact) mass is 238 g/mol. The highest BCUT2D eigenvalue weighted by Crippen LogP contribution is 2.16. The van der Waals surface area contributed by atoms with Gasteiger partial charge < -0.3 is 11.1 Å². The fraction of sp³-hybridized carbons (Fsp3) is 0.462. The minimum Gasteiger partial charge on any atom is -0.348 e. The summed E-state index contributed by atoms with van der Waals surface area (Å²) in [6, 6.07) is 5.44. The van der Waals surface area contributed by atoms with Gasteiger partial charge in [-0.3, -0.25) is 4.79 Å². The highest BCUT2D eigenvalue weighted by molar-refractivity contribution is 5.82. The summed E-state index contributed by atoms with van der Waals surface area (Å²) < 4.78 is 13.5. The fourth-order valence-corrected chi connectivity index (χ4v) is 1.52. The number of halogens is 1. The minimum atomic E-state index is -0.566. The second kappa shape index (κ2) is 5.77. The van der Waals surface area contributed by atoms with Gasteiger partial charge in [0.1, 0.15) is 5.82 Å². The van der Waals surface area contributed by atoms with E-state index < -0.39 is 6.04 Å². The Hall–Kier alpha value is -1.42. The Bertz CT molecular complexity index is 393. The van der Waals surface area contributed by atoms with Crippen molar-refractivity contribution in [2.75, 3.05) is 0 Å². The summed E-state index contributed by atoms with van der Waals surface area (Å²) in [5.74, 6) is -0.517. The van der Waals surface area contributed by atoms with Gasteiger partial charge in [-0.05, 0) is 18.9 Å². The zero-order chi connectivity index (χ0) is 13.0. The van der Waals surface area contributed by atoms with Gasteiger partial charge >= 0.3 is 0 Å². The lowest BCUT2D eigenvalue weighted by atomic mass is 10.0. The summed E-state index contributed by atoms with van der Waals surface area (Å²) in [5.41, 5.74) is 6.19. The third-order valence-corrected chi connectivity index (χ3v) is 2.75. The largest absolute Gasteiger partial charge is 0.348 e. The van der Waals surface area contributed by atoms with Gasteiger partial charge in [-0.2, -0.15) is 0 Å². The zero-order valence-electron chi connectivity index (χ0n) is 10.4. The van der Waals surface area contributed by atoms with E-state index in [9.17, 15) is 9.18 Å². The van der Waals surface area contributed by atoms with Crippen molar-refractivity contribution in [3.8, 4) is 0 Å². The number of amides is 1. The molecule has 0 bridgehead atoms. The van der Waals surface area contributed by atoms with E-state index >= 15 is 0 Å². The minimum absolute atomic E-state index is 0.0582. The Kier molecular flexibility index (Phi) is 4.63. The van der Waals surface area contributed by atoms with Crippen LogP contribution in [-0.4, -0.2) is 11.9 Å². The number of nitrogens with one attached hydrogen (secondary N) is 1. The van der Waals surface area contributed by atoms with E-state index in [1.165, 1.54) is 6.07 Å². The lowest BCUT2D eigenvalue weighted by molar-refractivity contribution is -0.123. The topological polar surface area (TPSA) is 55.1 Å². The molecule has 3 nitrogen and oxygen atoms in total. The lowest BCUT2D eigenvalue weighted by Crippen LogP contribution is -2.44. The molecule has 0 saturated heterocycles. The second-order valence-corrected chi connectivity index (χ2v) is 4.52. The fourth-order valence-electron chi connectivity index (χ4n) is 1.52. The first-order valence-electron chi connectivity index (χ1n) is 5.74. The van der Waals surface area contributed by atoms with Crippen molar-refractivity contribution in [2.45, 2.75) is 32.9 Å². The Labute approximate surface area is 101 Å². The van der Waals surface area contributed by atoms with Crippen LogP contribution in [0.2, 0.25) is 0 Å². The van der Waals surface area contributed by atoms with Gasteiger partial charge in [0, 0.05) is 5.56 Å². The number of carbonyl (C=O) groups excluding carboxylic acids is 1. The zero-order valence-corrected chi connectivity index (χ0v) is 10.4. The highest BCUT2D eigenvalue weighted by atomic mass is 19.1. The molecular formula is C13H19FN2O. The van der Waals surface area contributed by atoms with Gasteiger partial charge in [0.25, 0.3) is 0 Å². The Morgan fingerprint density at radius 3 is 2.41 bits per heavy atom. The SMILES string of the molecule is CC(C)[C@@H](N)C(=O)N[C@H](C)c1ccccc1F. The molecule has 0 radical (unpaired) electrons. The van der Waals surface area contributed by atoms with E-state index in [-0.39, 0.29) is 23.7 Å². The van der Waals surface area contributed by atoms with Crippen LogP contribution >= 0.6 is 0 Å². The number of nitrogens with two attached hydrogens (primary N) is 1. The molecule has 17 heavy (non-hydrogen) atoms. The molecule has 1 aromatic carbocycles. The van der Waals surface area contributed by atoms with Gasteiger partial charge in [0.05, 0.1) is 12.1 Å². The average Bonchev–Trinajstić information content (AvgIpc) is 2.28. The quantitative estimate of drug-likeness (QED) is 0.842. The molecule has 0 aromatic heterocycles. The molecule has 1 aromatic rings. The first-order chi connectivity index (χ1) is 7.93. The highest BCUT2D eigenvalue weighted by Gasteiger charge is 2.20. The summed E-state index contributed by atoms with van der Waals surface area (Å²) in [5, 5.41) is 2.71. The Morgan fingerprint density at radius 2 is 1.88 bits per heavy atom. The van der Waals surface area contributed by atoms with E-state index in [0.29, 0.717) is 5.56 Å². The molecule has 3 N–H and O–H groups in total. The van der Waals surface area contributed by atoms with Crippen molar-refractivity contribution >= 4 is 5.91 Å². The molecule has 4 heteroatoms. The maximum atomic E-state index is 13.5. The van der Waals surface area contributed by atoms with Gasteiger partial charge in [-0.1, -0.05) is 32.0 Å². The molecule has 0 unspecified atom stereocenters. The first-order valence-corrected chi connectivity index (χ1v) is 5.74. The molecule has 0 aliphatic rings. The van der Waals surface area contributed by atoms with Gasteiger partial charge in [0.15, 0.2) is 0 Å². The molecule has 0 fully saturated rings. The molecule has 0 heterocycles. The molecule has 0 aliphatic carbocycles. The summed E-state index contributed by atoms with van der Waals surface area (Å²) in [4.78, 5) is 11.7. The number of hydrogen-bond acceptors (Lipinski definition) is 2. The van der Waals surface area contributed by atoms with E-state index in [1.807, 2.05) is 13.8 Å². The molecule has 0 saturated carbocycles. The summed E-state index contributed by atoms with van der Waals surface area (Å²) >= 11 is 0. The normalized spacial score (nSPS) is 14.5. The molecule has 1 rings (SSSR count). The van der Waals surface area contributed by atoms with E-state index in [0.717, 1.165) is 0 Å². The van der Waals surface area contributed by atoms with Crippen LogP contribution in [0.4, 0.5) is 4.39 Å². The number of benzene rings is 1. The molecule has 1 amide bonds. The van der Waals surface area contributed by atoms with Gasteiger partial charge in [-0.15, -0.1) is 0 Å². The van der Waals surface area contributed by atoms with Crippen LogP contribution in [0.15, 0.2) is 24.3 Å². The predicted molar refractivity (Wildman–Crippen MR) is 65.8 cm³/mol. The number of hydrogen-bond donors (Lipinski definition) is 2. The maximum Gasteiger partial charge on any atom is 0.237 e. The third kappa shape index (κ3) is 3.53.